The summed E-state index contributed by atoms with van der Waals surface area (Å²) in [6.45, 7) is 6.17. The van der Waals surface area contributed by atoms with Crippen LogP contribution < -0.4 is 5.32 Å². The van der Waals surface area contributed by atoms with Gasteiger partial charge in [-0.2, -0.15) is 0 Å². The van der Waals surface area contributed by atoms with E-state index in [1.54, 1.807) is 11.3 Å². The van der Waals surface area contributed by atoms with Gasteiger partial charge < -0.3 is 5.32 Å². The first-order valence-corrected chi connectivity index (χ1v) is 9.45. The van der Waals surface area contributed by atoms with Crippen molar-refractivity contribution >= 4 is 43.9 Å². The van der Waals surface area contributed by atoms with E-state index in [1.807, 2.05) is 29.0 Å². The van der Waals surface area contributed by atoms with Gasteiger partial charge in [0.1, 0.15) is 4.83 Å². The van der Waals surface area contributed by atoms with Gasteiger partial charge in [0.05, 0.1) is 16.4 Å². The number of imidazole rings is 1. The number of nitrogens with one attached hydrogen (secondary N) is 1. The van der Waals surface area contributed by atoms with Crippen molar-refractivity contribution in [3.05, 3.63) is 57.4 Å². The lowest BCUT2D eigenvalue weighted by molar-refractivity contribution is 0.0944. The highest BCUT2D eigenvalue weighted by Crippen LogP contribution is 2.29. The highest BCUT2D eigenvalue weighted by atomic mass is 32.1. The van der Waals surface area contributed by atoms with Crippen molar-refractivity contribution < 1.29 is 4.79 Å². The Hall–Kier alpha value is -2.18. The van der Waals surface area contributed by atoms with E-state index >= 15 is 0 Å². The van der Waals surface area contributed by atoms with Crippen molar-refractivity contribution in [3.8, 4) is 0 Å². The molecule has 4 aromatic rings. The third-order valence-electron chi connectivity index (χ3n) is 4.21. The summed E-state index contributed by atoms with van der Waals surface area (Å²) in [6.07, 6.45) is 1.99. The van der Waals surface area contributed by atoms with Crippen LogP contribution in [-0.2, 0) is 0 Å². The predicted octanol–water partition coefficient (Wildman–Crippen LogP) is 4.72. The van der Waals surface area contributed by atoms with Crippen LogP contribution in [0.2, 0.25) is 0 Å². The van der Waals surface area contributed by atoms with Crippen LogP contribution in [0.25, 0.3) is 15.3 Å². The topological polar surface area (TPSA) is 46.4 Å². The Bertz CT molecular complexity index is 1060. The first-order chi connectivity index (χ1) is 11.5. The molecule has 0 spiro atoms. The van der Waals surface area contributed by atoms with Crippen molar-refractivity contribution in [3.63, 3.8) is 0 Å². The number of fused-ring (bicyclic) bond motifs is 3. The number of carbonyl (C=O) groups is 1. The first-order valence-electron chi connectivity index (χ1n) is 7.76. The standard InChI is InChI=1S/C18H17N3OS2/c1-10-4-5-11(2)13(8-10)12(3)19-16(22)15-9-14-17(24-15)20-18-21(14)6-7-23-18/h4-9,12H,1-3H3,(H,19,22). The molecule has 1 unspecified atom stereocenters. The number of carbonyl (C=O) groups excluding carboxylic acids is 1. The molecule has 4 rings (SSSR count). The monoisotopic (exact) mass is 355 g/mol. The summed E-state index contributed by atoms with van der Waals surface area (Å²) in [5.41, 5.74) is 4.55. The molecule has 1 N–H and O–H groups in total. The van der Waals surface area contributed by atoms with Gasteiger partial charge in [0.2, 0.25) is 0 Å². The van der Waals surface area contributed by atoms with E-state index in [0.717, 1.165) is 20.9 Å². The molecule has 1 amide bonds. The van der Waals surface area contributed by atoms with Gasteiger partial charge in [-0.15, -0.1) is 22.7 Å². The summed E-state index contributed by atoms with van der Waals surface area (Å²) < 4.78 is 2.03. The minimum absolute atomic E-state index is 0.0318. The van der Waals surface area contributed by atoms with Gasteiger partial charge in [0, 0.05) is 11.6 Å². The number of thiophene rings is 1. The number of rotatable bonds is 3. The lowest BCUT2D eigenvalue weighted by Crippen LogP contribution is -2.26. The molecular formula is C18H17N3OS2. The van der Waals surface area contributed by atoms with E-state index in [-0.39, 0.29) is 11.9 Å². The lowest BCUT2D eigenvalue weighted by Gasteiger charge is -2.16. The molecule has 3 heterocycles. The number of benzene rings is 1. The molecule has 0 saturated carbocycles. The van der Waals surface area contributed by atoms with Crippen LogP contribution in [0, 0.1) is 13.8 Å². The predicted molar refractivity (Wildman–Crippen MR) is 100 cm³/mol. The Morgan fingerprint density at radius 1 is 1.29 bits per heavy atom. The Balaban J connectivity index is 1.61. The largest absolute Gasteiger partial charge is 0.345 e. The SMILES string of the molecule is Cc1ccc(C)c(C(C)NC(=O)c2cc3c(nc4sccn43)s2)c1. The second-order valence-corrected chi connectivity index (χ2v) is 7.93. The first kappa shape index (κ1) is 15.4. The molecule has 0 fully saturated rings. The molecule has 0 saturated heterocycles. The molecule has 0 aliphatic carbocycles. The minimum atomic E-state index is -0.0459. The molecule has 0 aliphatic rings. The van der Waals surface area contributed by atoms with E-state index in [9.17, 15) is 4.79 Å². The molecule has 0 radical (unpaired) electrons. The summed E-state index contributed by atoms with van der Waals surface area (Å²) in [5, 5.41) is 5.11. The number of hydrogen-bond donors (Lipinski definition) is 1. The molecule has 1 atom stereocenters. The third-order valence-corrected chi connectivity index (χ3v) is 5.99. The quantitative estimate of drug-likeness (QED) is 0.578. The van der Waals surface area contributed by atoms with Crippen LogP contribution in [0.4, 0.5) is 0 Å². The van der Waals surface area contributed by atoms with Crippen molar-refractivity contribution in [1.29, 1.82) is 0 Å². The molecule has 24 heavy (non-hydrogen) atoms. The lowest BCUT2D eigenvalue weighted by atomic mass is 10.00. The summed E-state index contributed by atoms with van der Waals surface area (Å²) in [6, 6.07) is 8.22. The zero-order valence-electron chi connectivity index (χ0n) is 13.7. The number of thiazole rings is 1. The van der Waals surface area contributed by atoms with E-state index in [0.29, 0.717) is 4.88 Å². The maximum Gasteiger partial charge on any atom is 0.261 e. The smallest absolute Gasteiger partial charge is 0.261 e. The average molecular weight is 355 g/mol. The molecule has 1 aromatic carbocycles. The van der Waals surface area contributed by atoms with E-state index in [1.165, 1.54) is 22.5 Å². The van der Waals surface area contributed by atoms with Crippen molar-refractivity contribution in [2.75, 3.05) is 0 Å². The molecule has 4 nitrogen and oxygen atoms in total. The Kier molecular flexibility index (Phi) is 3.66. The average Bonchev–Trinajstić information content (AvgIpc) is 3.21. The number of amides is 1. The maximum absolute atomic E-state index is 12.6. The van der Waals surface area contributed by atoms with E-state index in [2.05, 4.69) is 42.3 Å². The van der Waals surface area contributed by atoms with E-state index < -0.39 is 0 Å². The number of hydrogen-bond acceptors (Lipinski definition) is 4. The highest BCUT2D eigenvalue weighted by molar-refractivity contribution is 7.21. The zero-order valence-corrected chi connectivity index (χ0v) is 15.3. The number of nitrogens with zero attached hydrogens (tertiary/aromatic N) is 2. The normalized spacial score (nSPS) is 12.8. The van der Waals surface area contributed by atoms with Crippen LogP contribution >= 0.6 is 22.7 Å². The summed E-state index contributed by atoms with van der Waals surface area (Å²) >= 11 is 3.04. The van der Waals surface area contributed by atoms with Gasteiger partial charge in [-0.05, 0) is 38.0 Å². The second-order valence-electron chi connectivity index (χ2n) is 6.02. The van der Waals surface area contributed by atoms with Crippen LogP contribution in [0.15, 0.2) is 35.8 Å². The summed E-state index contributed by atoms with van der Waals surface area (Å²) in [5.74, 6) is -0.0459. The van der Waals surface area contributed by atoms with E-state index in [4.69, 9.17) is 0 Å². The molecule has 0 aliphatic heterocycles. The van der Waals surface area contributed by atoms with Crippen LogP contribution in [-0.4, -0.2) is 15.3 Å². The Morgan fingerprint density at radius 3 is 2.96 bits per heavy atom. The highest BCUT2D eigenvalue weighted by Gasteiger charge is 2.18. The van der Waals surface area contributed by atoms with Gasteiger partial charge >= 0.3 is 0 Å². The number of aryl methyl sites for hydroxylation is 2. The van der Waals surface area contributed by atoms with Gasteiger partial charge in [-0.1, -0.05) is 23.8 Å². The Labute approximate surface area is 147 Å². The van der Waals surface area contributed by atoms with Crippen LogP contribution in [0.1, 0.15) is 39.3 Å². The third kappa shape index (κ3) is 2.52. The van der Waals surface area contributed by atoms with Crippen molar-refractivity contribution in [2.24, 2.45) is 0 Å². The summed E-state index contributed by atoms with van der Waals surface area (Å²) in [7, 11) is 0. The fourth-order valence-corrected chi connectivity index (χ4v) is 4.63. The minimum Gasteiger partial charge on any atom is -0.345 e. The second kappa shape index (κ2) is 5.72. The van der Waals surface area contributed by atoms with Crippen molar-refractivity contribution in [1.82, 2.24) is 14.7 Å². The summed E-state index contributed by atoms with van der Waals surface area (Å²) in [4.78, 5) is 19.8. The fraction of sp³-hybridized carbons (Fsp3) is 0.222. The van der Waals surface area contributed by atoms with Crippen LogP contribution in [0.5, 0.6) is 0 Å². The van der Waals surface area contributed by atoms with Gasteiger partial charge in [-0.3, -0.25) is 9.20 Å². The Morgan fingerprint density at radius 2 is 2.12 bits per heavy atom. The molecular weight excluding hydrogens is 338 g/mol. The zero-order chi connectivity index (χ0) is 16.8. The molecule has 0 bridgehead atoms. The van der Waals surface area contributed by atoms with Gasteiger partial charge in [0.15, 0.2) is 4.96 Å². The fourth-order valence-electron chi connectivity index (χ4n) is 2.93. The number of aromatic nitrogens is 2. The molecule has 122 valence electrons. The molecule has 3 aromatic heterocycles. The van der Waals surface area contributed by atoms with Crippen LogP contribution in [0.3, 0.4) is 0 Å². The van der Waals surface area contributed by atoms with Crippen molar-refractivity contribution in [2.45, 2.75) is 26.8 Å². The van der Waals surface area contributed by atoms with Gasteiger partial charge in [-0.25, -0.2) is 4.98 Å². The molecule has 6 heteroatoms. The van der Waals surface area contributed by atoms with Gasteiger partial charge in [0.25, 0.3) is 5.91 Å². The maximum atomic E-state index is 12.6.